The molecule has 1 N–H and O–H groups in total. The van der Waals surface area contributed by atoms with E-state index in [1.807, 2.05) is 57.2 Å². The number of esters is 1. The molecule has 0 radical (unpaired) electrons. The first-order valence-corrected chi connectivity index (χ1v) is 8.87. The van der Waals surface area contributed by atoms with Crippen LogP contribution in [-0.4, -0.2) is 34.2 Å². The van der Waals surface area contributed by atoms with Gasteiger partial charge in [-0.1, -0.05) is 42.1 Å². The lowest BCUT2D eigenvalue weighted by atomic mass is 10.1. The van der Waals surface area contributed by atoms with Gasteiger partial charge in [0.15, 0.2) is 11.8 Å². The Kier molecular flexibility index (Phi) is 6.94. The van der Waals surface area contributed by atoms with Gasteiger partial charge in [0.25, 0.3) is 5.91 Å². The van der Waals surface area contributed by atoms with Crippen LogP contribution < -0.4 is 5.32 Å². The highest BCUT2D eigenvalue weighted by atomic mass is 32.2. The van der Waals surface area contributed by atoms with Crippen LogP contribution in [-0.2, 0) is 14.3 Å². The quantitative estimate of drug-likeness (QED) is 0.465. The maximum absolute atomic E-state index is 11.9. The fourth-order valence-corrected chi connectivity index (χ4v) is 2.92. The number of carbonyl (C=O) groups is 2. The number of rotatable bonds is 7. The van der Waals surface area contributed by atoms with Crippen LogP contribution in [0.25, 0.3) is 0 Å². The van der Waals surface area contributed by atoms with Crippen molar-refractivity contribution >= 4 is 23.6 Å². The summed E-state index contributed by atoms with van der Waals surface area (Å²) in [6.07, 6.45) is 0. The maximum atomic E-state index is 11.9. The number of hydrogen-bond donors (Lipinski definition) is 1. The molecule has 1 unspecified atom stereocenters. The first kappa shape index (κ1) is 18.9. The van der Waals surface area contributed by atoms with Crippen molar-refractivity contribution < 1.29 is 14.3 Å². The molecular formula is C18H21N3O3S. The van der Waals surface area contributed by atoms with Crippen LogP contribution >= 0.6 is 11.8 Å². The van der Waals surface area contributed by atoms with Crippen LogP contribution in [0.5, 0.6) is 0 Å². The number of carbonyl (C=O) groups excluding carboxylic acids is 2. The highest BCUT2D eigenvalue weighted by molar-refractivity contribution is 7.99. The summed E-state index contributed by atoms with van der Waals surface area (Å²) in [6.45, 7) is 5.32. The van der Waals surface area contributed by atoms with Gasteiger partial charge in [0.1, 0.15) is 0 Å². The third kappa shape index (κ3) is 6.54. The number of nitrogens with one attached hydrogen (secondary N) is 1. The fraction of sp³-hybridized carbons (Fsp3) is 0.333. The van der Waals surface area contributed by atoms with Crippen LogP contribution in [0.4, 0.5) is 0 Å². The molecule has 1 amide bonds. The summed E-state index contributed by atoms with van der Waals surface area (Å²) in [6, 6.07) is 11.3. The molecule has 1 atom stereocenters. The Morgan fingerprint density at radius 2 is 1.80 bits per heavy atom. The number of ether oxygens (including phenoxy) is 1. The van der Waals surface area contributed by atoms with E-state index >= 15 is 0 Å². The molecule has 0 fully saturated rings. The van der Waals surface area contributed by atoms with E-state index in [4.69, 9.17) is 4.74 Å². The molecular weight excluding hydrogens is 338 g/mol. The Balaban J connectivity index is 1.73. The third-order valence-electron chi connectivity index (χ3n) is 3.32. The molecule has 0 aliphatic carbocycles. The van der Waals surface area contributed by atoms with E-state index in [-0.39, 0.29) is 24.3 Å². The van der Waals surface area contributed by atoms with Gasteiger partial charge in [0.05, 0.1) is 11.8 Å². The van der Waals surface area contributed by atoms with Crippen LogP contribution in [0, 0.1) is 13.8 Å². The van der Waals surface area contributed by atoms with Crippen LogP contribution in [0.15, 0.2) is 41.6 Å². The summed E-state index contributed by atoms with van der Waals surface area (Å²) in [5.41, 5.74) is 2.68. The van der Waals surface area contributed by atoms with Gasteiger partial charge in [-0.2, -0.15) is 0 Å². The van der Waals surface area contributed by atoms with E-state index in [0.29, 0.717) is 5.16 Å². The Labute approximate surface area is 151 Å². The predicted molar refractivity (Wildman–Crippen MR) is 96.2 cm³/mol. The van der Waals surface area contributed by atoms with Gasteiger partial charge in [0, 0.05) is 11.4 Å². The second-order valence-corrected chi connectivity index (χ2v) is 6.53. The average molecular weight is 359 g/mol. The molecule has 1 aromatic heterocycles. The van der Waals surface area contributed by atoms with Crippen molar-refractivity contribution in [3.8, 4) is 0 Å². The zero-order valence-corrected chi connectivity index (χ0v) is 15.3. The SMILES string of the molecule is Cc1cc(C)nc(SCC(=O)OCC(=O)NC(C)c2ccccc2)n1. The molecule has 0 spiro atoms. The topological polar surface area (TPSA) is 81.2 Å². The van der Waals surface area contributed by atoms with Crippen molar-refractivity contribution in [3.05, 3.63) is 53.3 Å². The van der Waals surface area contributed by atoms with E-state index in [9.17, 15) is 9.59 Å². The first-order valence-electron chi connectivity index (χ1n) is 7.89. The Hall–Kier alpha value is -2.41. The molecule has 0 saturated heterocycles. The molecule has 1 aromatic carbocycles. The van der Waals surface area contributed by atoms with Crippen LogP contribution in [0.2, 0.25) is 0 Å². The van der Waals surface area contributed by atoms with Crippen molar-refractivity contribution in [1.29, 1.82) is 0 Å². The normalized spacial score (nSPS) is 11.6. The number of benzene rings is 1. The van der Waals surface area contributed by atoms with E-state index < -0.39 is 5.97 Å². The zero-order chi connectivity index (χ0) is 18.2. The van der Waals surface area contributed by atoms with Gasteiger partial charge in [-0.15, -0.1) is 0 Å². The molecule has 0 saturated carbocycles. The smallest absolute Gasteiger partial charge is 0.316 e. The van der Waals surface area contributed by atoms with Crippen molar-refractivity contribution in [1.82, 2.24) is 15.3 Å². The second kappa shape index (κ2) is 9.17. The van der Waals surface area contributed by atoms with E-state index in [1.54, 1.807) is 0 Å². The lowest BCUT2D eigenvalue weighted by Crippen LogP contribution is -2.31. The van der Waals surface area contributed by atoms with Crippen molar-refractivity contribution in [2.45, 2.75) is 32.0 Å². The number of hydrogen-bond acceptors (Lipinski definition) is 6. The van der Waals surface area contributed by atoms with Crippen molar-refractivity contribution in [2.75, 3.05) is 12.4 Å². The molecule has 2 aromatic rings. The van der Waals surface area contributed by atoms with Gasteiger partial charge in [0.2, 0.25) is 0 Å². The molecule has 7 heteroatoms. The molecule has 0 bridgehead atoms. The standard InChI is InChI=1S/C18H21N3O3S/c1-12-9-13(2)20-18(19-12)25-11-17(23)24-10-16(22)21-14(3)15-7-5-4-6-8-15/h4-9,14H,10-11H2,1-3H3,(H,21,22). The number of nitrogens with zero attached hydrogens (tertiary/aromatic N) is 2. The summed E-state index contributed by atoms with van der Waals surface area (Å²) in [5, 5.41) is 3.32. The van der Waals surface area contributed by atoms with Crippen LogP contribution in [0.1, 0.15) is 29.9 Å². The van der Waals surface area contributed by atoms with E-state index in [1.165, 1.54) is 11.8 Å². The summed E-state index contributed by atoms with van der Waals surface area (Å²) in [4.78, 5) is 32.1. The highest BCUT2D eigenvalue weighted by Crippen LogP contribution is 2.14. The number of amides is 1. The Bertz CT molecular complexity index is 717. The number of thioether (sulfide) groups is 1. The number of aromatic nitrogens is 2. The van der Waals surface area contributed by atoms with Gasteiger partial charge in [-0.25, -0.2) is 9.97 Å². The minimum absolute atomic E-state index is 0.0599. The Morgan fingerprint density at radius 3 is 2.44 bits per heavy atom. The van der Waals surface area contributed by atoms with Gasteiger partial charge in [-0.05, 0) is 32.4 Å². The largest absolute Gasteiger partial charge is 0.455 e. The minimum atomic E-state index is -0.477. The monoisotopic (exact) mass is 359 g/mol. The van der Waals surface area contributed by atoms with Crippen molar-refractivity contribution in [2.24, 2.45) is 0 Å². The minimum Gasteiger partial charge on any atom is -0.455 e. The van der Waals surface area contributed by atoms with Gasteiger partial charge in [-0.3, -0.25) is 9.59 Å². The predicted octanol–water partition coefficient (Wildman–Crippen LogP) is 2.61. The van der Waals surface area contributed by atoms with E-state index in [2.05, 4.69) is 15.3 Å². The molecule has 0 aliphatic heterocycles. The second-order valence-electron chi connectivity index (χ2n) is 5.58. The van der Waals surface area contributed by atoms with Gasteiger partial charge < -0.3 is 10.1 Å². The third-order valence-corrected chi connectivity index (χ3v) is 4.14. The summed E-state index contributed by atoms with van der Waals surface area (Å²) in [5.74, 6) is -0.752. The highest BCUT2D eigenvalue weighted by Gasteiger charge is 2.12. The van der Waals surface area contributed by atoms with E-state index in [0.717, 1.165) is 17.0 Å². The molecule has 25 heavy (non-hydrogen) atoms. The fourth-order valence-electron chi connectivity index (χ4n) is 2.18. The van der Waals surface area contributed by atoms with Crippen molar-refractivity contribution in [3.63, 3.8) is 0 Å². The molecule has 1 heterocycles. The number of aryl methyl sites for hydroxylation is 2. The molecule has 132 valence electrons. The lowest BCUT2D eigenvalue weighted by Gasteiger charge is -2.14. The summed E-state index contributed by atoms with van der Waals surface area (Å²) >= 11 is 1.19. The zero-order valence-electron chi connectivity index (χ0n) is 14.5. The maximum Gasteiger partial charge on any atom is 0.316 e. The average Bonchev–Trinajstić information content (AvgIpc) is 2.58. The molecule has 0 aliphatic rings. The summed E-state index contributed by atoms with van der Waals surface area (Å²) < 4.78 is 5.00. The molecule has 6 nitrogen and oxygen atoms in total. The Morgan fingerprint density at radius 1 is 1.16 bits per heavy atom. The van der Waals surface area contributed by atoms with Gasteiger partial charge >= 0.3 is 5.97 Å². The summed E-state index contributed by atoms with van der Waals surface area (Å²) in [7, 11) is 0. The molecule has 2 rings (SSSR count). The first-order chi connectivity index (χ1) is 11.9. The lowest BCUT2D eigenvalue weighted by molar-refractivity contribution is -0.146. The van der Waals surface area contributed by atoms with Crippen LogP contribution in [0.3, 0.4) is 0 Å².